The number of aromatic nitrogens is 3. The van der Waals surface area contributed by atoms with Crippen LogP contribution >= 0.6 is 0 Å². The SMILES string of the molecule is Cc1ncccc1-n1cnc2cc3ccccc3cc21. The second-order valence-corrected chi connectivity index (χ2v) is 4.91. The van der Waals surface area contributed by atoms with E-state index >= 15 is 0 Å². The van der Waals surface area contributed by atoms with E-state index < -0.39 is 0 Å². The van der Waals surface area contributed by atoms with Crippen molar-refractivity contribution in [3.05, 3.63) is 66.7 Å². The highest BCUT2D eigenvalue weighted by Crippen LogP contribution is 2.24. The van der Waals surface area contributed by atoms with Crippen LogP contribution in [0.25, 0.3) is 27.5 Å². The quantitative estimate of drug-likeness (QED) is 0.519. The van der Waals surface area contributed by atoms with Gasteiger partial charge in [0.25, 0.3) is 0 Å². The molecule has 0 unspecified atom stereocenters. The molecule has 0 radical (unpaired) electrons. The van der Waals surface area contributed by atoms with Crippen LogP contribution in [0.2, 0.25) is 0 Å². The number of hydrogen-bond donors (Lipinski definition) is 0. The number of imidazole rings is 1. The van der Waals surface area contributed by atoms with E-state index in [0.29, 0.717) is 0 Å². The molecule has 0 aliphatic carbocycles. The van der Waals surface area contributed by atoms with Crippen LogP contribution in [0.15, 0.2) is 61.1 Å². The second-order valence-electron chi connectivity index (χ2n) is 4.91. The maximum Gasteiger partial charge on any atom is 0.100 e. The van der Waals surface area contributed by atoms with E-state index in [2.05, 4.69) is 57.0 Å². The number of hydrogen-bond acceptors (Lipinski definition) is 2. The third-order valence-corrected chi connectivity index (χ3v) is 3.65. The normalized spacial score (nSPS) is 11.2. The number of rotatable bonds is 1. The first kappa shape index (κ1) is 11.2. The Morgan fingerprint density at radius 2 is 1.70 bits per heavy atom. The molecule has 2 heterocycles. The molecule has 0 bridgehead atoms. The van der Waals surface area contributed by atoms with Gasteiger partial charge in [-0.05, 0) is 42.0 Å². The molecule has 2 aromatic carbocycles. The summed E-state index contributed by atoms with van der Waals surface area (Å²) in [6.45, 7) is 2.02. The van der Waals surface area contributed by atoms with E-state index in [0.717, 1.165) is 22.4 Å². The van der Waals surface area contributed by atoms with Crippen LogP contribution in [0.5, 0.6) is 0 Å². The Labute approximate surface area is 116 Å². The average molecular weight is 259 g/mol. The lowest BCUT2D eigenvalue weighted by atomic mass is 10.1. The smallest absolute Gasteiger partial charge is 0.100 e. The van der Waals surface area contributed by atoms with Crippen LogP contribution in [0.4, 0.5) is 0 Å². The van der Waals surface area contributed by atoms with E-state index in [4.69, 9.17) is 0 Å². The van der Waals surface area contributed by atoms with Gasteiger partial charge in [0, 0.05) is 6.20 Å². The summed E-state index contributed by atoms with van der Waals surface area (Å²) in [5.74, 6) is 0. The van der Waals surface area contributed by atoms with Crippen molar-refractivity contribution in [1.82, 2.24) is 14.5 Å². The Balaban J connectivity index is 2.06. The fourth-order valence-corrected chi connectivity index (χ4v) is 2.62. The summed E-state index contributed by atoms with van der Waals surface area (Å²) in [7, 11) is 0. The van der Waals surface area contributed by atoms with Gasteiger partial charge in [0.05, 0.1) is 22.4 Å². The van der Waals surface area contributed by atoms with Crippen molar-refractivity contribution in [2.45, 2.75) is 6.92 Å². The maximum absolute atomic E-state index is 4.52. The number of fused-ring (bicyclic) bond motifs is 2. The van der Waals surface area contributed by atoms with Gasteiger partial charge >= 0.3 is 0 Å². The lowest BCUT2D eigenvalue weighted by Crippen LogP contribution is -1.96. The molecule has 0 atom stereocenters. The van der Waals surface area contributed by atoms with Crippen molar-refractivity contribution < 1.29 is 0 Å². The number of aryl methyl sites for hydroxylation is 1. The molecule has 3 heteroatoms. The maximum atomic E-state index is 4.52. The lowest BCUT2D eigenvalue weighted by molar-refractivity contribution is 1.03. The Morgan fingerprint density at radius 1 is 0.900 bits per heavy atom. The Morgan fingerprint density at radius 3 is 2.50 bits per heavy atom. The Kier molecular flexibility index (Phi) is 2.33. The summed E-state index contributed by atoms with van der Waals surface area (Å²) in [6, 6.07) is 16.7. The van der Waals surface area contributed by atoms with Gasteiger partial charge in [0.15, 0.2) is 0 Å². The average Bonchev–Trinajstić information content (AvgIpc) is 2.88. The summed E-state index contributed by atoms with van der Waals surface area (Å²) in [5.41, 5.74) is 4.19. The van der Waals surface area contributed by atoms with Gasteiger partial charge in [-0.25, -0.2) is 4.98 Å². The Hall–Kier alpha value is -2.68. The summed E-state index contributed by atoms with van der Waals surface area (Å²) in [5, 5.41) is 2.44. The van der Waals surface area contributed by atoms with Crippen molar-refractivity contribution in [3.8, 4) is 5.69 Å². The first-order valence-corrected chi connectivity index (χ1v) is 6.61. The highest BCUT2D eigenvalue weighted by molar-refractivity contribution is 5.95. The van der Waals surface area contributed by atoms with Crippen LogP contribution in [0, 0.1) is 6.92 Å². The molecule has 0 aliphatic heterocycles. The molecule has 2 aromatic heterocycles. The van der Waals surface area contributed by atoms with Crippen LogP contribution in [0.1, 0.15) is 5.69 Å². The van der Waals surface area contributed by atoms with Crippen molar-refractivity contribution in [3.63, 3.8) is 0 Å². The zero-order valence-electron chi connectivity index (χ0n) is 11.1. The van der Waals surface area contributed by atoms with Crippen molar-refractivity contribution >= 4 is 21.8 Å². The zero-order chi connectivity index (χ0) is 13.5. The lowest BCUT2D eigenvalue weighted by Gasteiger charge is -2.07. The molecular formula is C17H13N3. The zero-order valence-corrected chi connectivity index (χ0v) is 11.1. The molecule has 0 saturated carbocycles. The summed E-state index contributed by atoms with van der Waals surface area (Å²) in [4.78, 5) is 8.88. The molecule has 0 spiro atoms. The molecule has 0 saturated heterocycles. The molecule has 0 fully saturated rings. The van der Waals surface area contributed by atoms with Gasteiger partial charge in [0.2, 0.25) is 0 Å². The van der Waals surface area contributed by atoms with Crippen LogP contribution < -0.4 is 0 Å². The van der Waals surface area contributed by atoms with E-state index in [1.807, 2.05) is 25.5 Å². The topological polar surface area (TPSA) is 30.7 Å². The first-order valence-electron chi connectivity index (χ1n) is 6.61. The predicted molar refractivity (Wildman–Crippen MR) is 81.1 cm³/mol. The van der Waals surface area contributed by atoms with Gasteiger partial charge in [-0.2, -0.15) is 0 Å². The Bertz CT molecular complexity index is 922. The monoisotopic (exact) mass is 259 g/mol. The summed E-state index contributed by atoms with van der Waals surface area (Å²) in [6.07, 6.45) is 3.68. The predicted octanol–water partition coefficient (Wildman–Crippen LogP) is 3.88. The summed E-state index contributed by atoms with van der Waals surface area (Å²) < 4.78 is 2.10. The van der Waals surface area contributed by atoms with Gasteiger partial charge in [-0.1, -0.05) is 24.3 Å². The highest BCUT2D eigenvalue weighted by Gasteiger charge is 2.08. The first-order chi connectivity index (χ1) is 9.83. The van der Waals surface area contributed by atoms with E-state index in [1.165, 1.54) is 10.8 Å². The van der Waals surface area contributed by atoms with Gasteiger partial charge in [-0.3, -0.25) is 9.55 Å². The molecule has 0 aliphatic rings. The minimum Gasteiger partial charge on any atom is -0.297 e. The van der Waals surface area contributed by atoms with E-state index in [9.17, 15) is 0 Å². The van der Waals surface area contributed by atoms with Crippen molar-refractivity contribution in [2.75, 3.05) is 0 Å². The number of benzene rings is 2. The molecule has 96 valence electrons. The third-order valence-electron chi connectivity index (χ3n) is 3.65. The molecule has 0 amide bonds. The number of pyridine rings is 1. The second kappa shape index (κ2) is 4.17. The van der Waals surface area contributed by atoms with Crippen LogP contribution in [-0.4, -0.2) is 14.5 Å². The summed E-state index contributed by atoms with van der Waals surface area (Å²) >= 11 is 0. The standard InChI is InChI=1S/C17H13N3/c1-12-16(7-4-8-18-12)20-11-19-15-9-13-5-2-3-6-14(13)10-17(15)20/h2-11H,1H3. The minimum atomic E-state index is 1.000. The van der Waals surface area contributed by atoms with E-state index in [-0.39, 0.29) is 0 Å². The molecule has 4 aromatic rings. The molecule has 0 N–H and O–H groups in total. The van der Waals surface area contributed by atoms with Crippen LogP contribution in [0.3, 0.4) is 0 Å². The largest absolute Gasteiger partial charge is 0.297 e. The van der Waals surface area contributed by atoms with Gasteiger partial charge < -0.3 is 0 Å². The minimum absolute atomic E-state index is 1.000. The van der Waals surface area contributed by atoms with E-state index in [1.54, 1.807) is 0 Å². The van der Waals surface area contributed by atoms with Crippen molar-refractivity contribution in [2.24, 2.45) is 0 Å². The molecule has 4 rings (SSSR count). The van der Waals surface area contributed by atoms with Gasteiger partial charge in [-0.15, -0.1) is 0 Å². The number of nitrogens with zero attached hydrogens (tertiary/aromatic N) is 3. The highest BCUT2D eigenvalue weighted by atomic mass is 15.1. The fraction of sp³-hybridized carbons (Fsp3) is 0.0588. The van der Waals surface area contributed by atoms with Gasteiger partial charge in [0.1, 0.15) is 6.33 Å². The fourth-order valence-electron chi connectivity index (χ4n) is 2.62. The third kappa shape index (κ3) is 1.60. The molecule has 20 heavy (non-hydrogen) atoms. The molecular weight excluding hydrogens is 246 g/mol. The van der Waals surface area contributed by atoms with Crippen LogP contribution in [-0.2, 0) is 0 Å². The van der Waals surface area contributed by atoms with Crippen molar-refractivity contribution in [1.29, 1.82) is 0 Å². The molecule has 3 nitrogen and oxygen atoms in total.